The van der Waals surface area contributed by atoms with Crippen molar-refractivity contribution in [2.75, 3.05) is 0 Å². The van der Waals surface area contributed by atoms with Crippen molar-refractivity contribution in [3.63, 3.8) is 0 Å². The van der Waals surface area contributed by atoms with Gasteiger partial charge in [-0.25, -0.2) is 0 Å². The molecule has 0 nitrogen and oxygen atoms in total. The van der Waals surface area contributed by atoms with E-state index in [9.17, 15) is 0 Å². The Morgan fingerprint density at radius 2 is 1.08 bits per heavy atom. The Balaban J connectivity index is 3.01. The molecule has 0 radical (unpaired) electrons. The molecule has 0 amide bonds. The van der Waals surface area contributed by atoms with Crippen molar-refractivity contribution < 1.29 is 0 Å². The van der Waals surface area contributed by atoms with Gasteiger partial charge in [0.15, 0.2) is 0 Å². The van der Waals surface area contributed by atoms with Crippen molar-refractivity contribution >= 4 is 60.4 Å². The summed E-state index contributed by atoms with van der Waals surface area (Å²) in [6.45, 7) is 0. The van der Waals surface area contributed by atoms with Gasteiger partial charge in [0.1, 0.15) is 0 Å². The van der Waals surface area contributed by atoms with Crippen molar-refractivity contribution in [2.24, 2.45) is 0 Å². The first-order chi connectivity index (χ1) is 5.71. The van der Waals surface area contributed by atoms with E-state index < -0.39 is 36.8 Å². The van der Waals surface area contributed by atoms with E-state index in [0.29, 0.717) is 0 Å². The third-order valence-electron chi connectivity index (χ3n) is 2.08. The van der Waals surface area contributed by atoms with Crippen molar-refractivity contribution in [2.45, 2.75) is 29.6 Å². The van der Waals surface area contributed by atoms with Gasteiger partial charge in [-0.2, -0.15) is 0 Å². The van der Waals surface area contributed by atoms with Gasteiger partial charge < -0.3 is 0 Å². The molecule has 3 heteroatoms. The molecule has 0 aliphatic rings. The molecule has 0 aliphatic heterocycles. The fourth-order valence-corrected chi connectivity index (χ4v) is 29.2. The first-order valence-corrected chi connectivity index (χ1v) is 27.1. The van der Waals surface area contributed by atoms with Crippen LogP contribution in [0.15, 0.2) is 12.1 Å². The van der Waals surface area contributed by atoms with Gasteiger partial charge in [0, 0.05) is 0 Å². The fourth-order valence-electron chi connectivity index (χ4n) is 1.14. The second kappa shape index (κ2) is 4.39. The molecule has 74 valence electrons. The van der Waals surface area contributed by atoms with Crippen LogP contribution in [0.2, 0.25) is 29.6 Å². The van der Waals surface area contributed by atoms with Crippen LogP contribution in [0, 0.1) is 0 Å². The molecule has 0 atom stereocenters. The van der Waals surface area contributed by atoms with Crippen LogP contribution in [0.25, 0.3) is 0 Å². The first kappa shape index (κ1) is 12.9. The van der Waals surface area contributed by atoms with Crippen LogP contribution >= 0.6 is 0 Å². The number of hydrogen-bond acceptors (Lipinski definition) is 0. The van der Waals surface area contributed by atoms with E-state index in [4.69, 9.17) is 0 Å². The van der Waals surface area contributed by atoms with Crippen LogP contribution in [0.3, 0.4) is 0 Å². The summed E-state index contributed by atoms with van der Waals surface area (Å²) in [4.78, 5) is 15.3. The maximum atomic E-state index is 2.56. The second-order valence-electron chi connectivity index (χ2n) is 5.66. The van der Waals surface area contributed by atoms with Gasteiger partial charge >= 0.3 is 102 Å². The van der Waals surface area contributed by atoms with Crippen molar-refractivity contribution in [1.29, 1.82) is 0 Å². The van der Waals surface area contributed by atoms with E-state index >= 15 is 0 Å². The van der Waals surface area contributed by atoms with E-state index in [1.54, 1.807) is 0 Å². The molecule has 0 aromatic carbocycles. The minimum atomic E-state index is -1.65. The summed E-state index contributed by atoms with van der Waals surface area (Å²) < 4.78 is 3.92. The topological polar surface area (TPSA) is 0 Å². The van der Waals surface area contributed by atoms with E-state index in [-0.39, 0.29) is 20.4 Å². The predicted molar refractivity (Wildman–Crippen MR) is 69.3 cm³/mol. The molecular weight excluding hydrogens is 485 g/mol. The summed E-state index contributed by atoms with van der Waals surface area (Å²) >= 11 is -3.14. The molecule has 0 fully saturated rings. The molecule has 1 rings (SSSR count). The normalized spacial score (nSPS) is 13.4. The quantitative estimate of drug-likeness (QED) is 0.539. The molecule has 1 heterocycles. The van der Waals surface area contributed by atoms with Crippen LogP contribution in [0.1, 0.15) is 0 Å². The molecule has 1 aromatic heterocycles. The van der Waals surface area contributed by atoms with Crippen LogP contribution in [-0.4, -0.2) is 57.2 Å². The zero-order valence-corrected chi connectivity index (χ0v) is 17.6. The van der Waals surface area contributed by atoms with Gasteiger partial charge in [0.05, 0.1) is 0 Å². The van der Waals surface area contributed by atoms with Gasteiger partial charge in [0.25, 0.3) is 0 Å². The summed E-state index contributed by atoms with van der Waals surface area (Å²) in [5.74, 6) is 0. The minimum absolute atomic E-state index is 0.154. The predicted octanol–water partition coefficient (Wildman–Crippen LogP) is 1.83. The van der Waals surface area contributed by atoms with Gasteiger partial charge in [-0.1, -0.05) is 0 Å². The molecule has 0 saturated heterocycles. The monoisotopic (exact) mass is 510 g/mol. The zero-order valence-electron chi connectivity index (χ0n) is 9.56. The average molecular weight is 505 g/mol. The Kier molecular flexibility index (Phi) is 4.37. The Morgan fingerprint density at radius 3 is 1.23 bits per heavy atom. The summed E-state index contributed by atoms with van der Waals surface area (Å²) in [7, 11) is 0. The van der Waals surface area contributed by atoms with Gasteiger partial charge in [0.2, 0.25) is 0 Å². The average Bonchev–Trinajstić information content (AvgIpc) is 2.28. The third kappa shape index (κ3) is 3.73. The second-order valence-corrected chi connectivity index (χ2v) is 43.9. The van der Waals surface area contributed by atoms with Crippen molar-refractivity contribution in [1.82, 2.24) is 0 Å². The number of hydrogen-bond donors (Lipinski definition) is 0. The van der Waals surface area contributed by atoms with E-state index in [1.165, 1.54) is 0 Å². The molecule has 0 aliphatic carbocycles. The standard InChI is InChI=1S/C4H2Te.6CH3.2Sn/c1-2-4-5-3-1;;;;;;;;/h1-2H;6*1H3;;. The molecule has 0 saturated carbocycles. The fraction of sp³-hybridized carbons (Fsp3) is 0.600. The molecule has 0 bridgehead atoms. The molecular formula is C10H20Sn2Te. The van der Waals surface area contributed by atoms with Crippen LogP contribution in [0.4, 0.5) is 0 Å². The SMILES string of the molecule is [CH3][Sn]([CH3])([CH3])[c]1cc[c]([Sn]([CH3])([CH3])[CH3])[te]1. The van der Waals surface area contributed by atoms with Gasteiger partial charge in [-0.3, -0.25) is 0 Å². The van der Waals surface area contributed by atoms with Crippen LogP contribution in [-0.2, 0) is 0 Å². The maximum absolute atomic E-state index is 2.56. The van der Waals surface area contributed by atoms with Crippen LogP contribution in [0.5, 0.6) is 0 Å². The Morgan fingerprint density at radius 1 is 0.769 bits per heavy atom. The molecule has 1 aromatic rings. The summed E-state index contributed by atoms with van der Waals surface area (Å²) in [5.41, 5.74) is 0. The van der Waals surface area contributed by atoms with Crippen LogP contribution < -0.4 is 3.19 Å². The van der Waals surface area contributed by atoms with Crippen molar-refractivity contribution in [3.8, 4) is 0 Å². The Bertz CT molecular complexity index is 260. The summed E-state index contributed by atoms with van der Waals surface area (Å²) in [6.07, 6.45) is 0. The van der Waals surface area contributed by atoms with Gasteiger partial charge in [-0.05, 0) is 0 Å². The van der Waals surface area contributed by atoms with E-state index in [1.807, 2.05) is 3.19 Å². The molecule has 0 unspecified atom stereocenters. The van der Waals surface area contributed by atoms with Gasteiger partial charge in [-0.15, -0.1) is 0 Å². The molecule has 13 heavy (non-hydrogen) atoms. The summed E-state index contributed by atoms with van der Waals surface area (Å²) in [6, 6.07) is 5.02. The third-order valence-corrected chi connectivity index (χ3v) is 40.9. The van der Waals surface area contributed by atoms with E-state index in [0.717, 1.165) is 0 Å². The summed E-state index contributed by atoms with van der Waals surface area (Å²) in [5, 5.41) is 0. The van der Waals surface area contributed by atoms with Crippen molar-refractivity contribution in [3.05, 3.63) is 12.1 Å². The number of rotatable bonds is 2. The van der Waals surface area contributed by atoms with E-state index in [2.05, 4.69) is 41.8 Å². The first-order valence-electron chi connectivity index (χ1n) is 4.82. The zero-order chi connectivity index (χ0) is 10.3. The Labute approximate surface area is 100 Å². The molecule has 0 spiro atoms. The molecule has 0 N–H and O–H groups in total. The Hall–Kier alpha value is 1.87.